The number of urea groups is 1. The highest BCUT2D eigenvalue weighted by Gasteiger charge is 2.70. The van der Waals surface area contributed by atoms with Crippen LogP contribution in [0.3, 0.4) is 0 Å². The lowest BCUT2D eigenvalue weighted by Gasteiger charge is -2.23. The van der Waals surface area contributed by atoms with Crippen LogP contribution in [0.25, 0.3) is 0 Å². The number of carbonyl (C=O) groups is 3. The number of rotatable bonds is 4. The van der Waals surface area contributed by atoms with Crippen molar-refractivity contribution in [3.8, 4) is 5.75 Å². The SMILES string of the molecule is CC1CC12C(=O)N(c1ccc(OC(F)(F)F)cc1)C(=O)N2c1ccnc(C(=O)N(C)C)c1. The normalized spacial score (nSPS) is 22.5. The topological polar surface area (TPSA) is 83.0 Å². The van der Waals surface area contributed by atoms with Crippen LogP contribution < -0.4 is 14.5 Å². The number of amides is 4. The Morgan fingerprint density at radius 3 is 2.31 bits per heavy atom. The van der Waals surface area contributed by atoms with E-state index in [0.717, 1.165) is 17.0 Å². The molecule has 1 aromatic carbocycles. The summed E-state index contributed by atoms with van der Waals surface area (Å²) in [5, 5.41) is 0. The predicted molar refractivity (Wildman–Crippen MR) is 107 cm³/mol. The number of alkyl halides is 3. The number of carbonyl (C=O) groups excluding carboxylic acids is 3. The Kier molecular flexibility index (Phi) is 4.87. The van der Waals surface area contributed by atoms with Gasteiger partial charge in [0.15, 0.2) is 0 Å². The molecule has 2 unspecified atom stereocenters. The van der Waals surface area contributed by atoms with Crippen LogP contribution in [0, 0.1) is 5.92 Å². The molecule has 2 aromatic rings. The summed E-state index contributed by atoms with van der Waals surface area (Å²) < 4.78 is 41.1. The molecule has 2 fully saturated rings. The molecular weight excluding hydrogens is 429 g/mol. The van der Waals surface area contributed by atoms with E-state index >= 15 is 0 Å². The van der Waals surface area contributed by atoms with Crippen LogP contribution in [-0.4, -0.2) is 53.7 Å². The van der Waals surface area contributed by atoms with E-state index in [4.69, 9.17) is 0 Å². The van der Waals surface area contributed by atoms with Crippen molar-refractivity contribution in [3.05, 3.63) is 48.3 Å². The molecule has 32 heavy (non-hydrogen) atoms. The minimum Gasteiger partial charge on any atom is -0.406 e. The first kappa shape index (κ1) is 21.6. The lowest BCUT2D eigenvalue weighted by atomic mass is 10.1. The lowest BCUT2D eigenvalue weighted by molar-refractivity contribution is -0.274. The van der Waals surface area contributed by atoms with Gasteiger partial charge in [-0.05, 0) is 48.7 Å². The zero-order valence-electron chi connectivity index (χ0n) is 17.4. The third-order valence-corrected chi connectivity index (χ3v) is 5.58. The number of hydrogen-bond donors (Lipinski definition) is 0. The highest BCUT2D eigenvalue weighted by molar-refractivity contribution is 6.32. The van der Waals surface area contributed by atoms with Gasteiger partial charge in [-0.1, -0.05) is 6.92 Å². The number of ether oxygens (including phenoxy) is 1. The van der Waals surface area contributed by atoms with E-state index in [0.29, 0.717) is 12.1 Å². The molecule has 2 atom stereocenters. The molecule has 2 heterocycles. The van der Waals surface area contributed by atoms with Gasteiger partial charge in [-0.25, -0.2) is 9.69 Å². The van der Waals surface area contributed by atoms with Gasteiger partial charge < -0.3 is 9.64 Å². The van der Waals surface area contributed by atoms with E-state index in [1.54, 1.807) is 14.1 Å². The average Bonchev–Trinajstić information content (AvgIpc) is 3.33. The molecule has 0 bridgehead atoms. The first-order valence-electron chi connectivity index (χ1n) is 9.68. The summed E-state index contributed by atoms with van der Waals surface area (Å²) in [5.74, 6) is -1.44. The van der Waals surface area contributed by atoms with Crippen molar-refractivity contribution in [3.63, 3.8) is 0 Å². The summed E-state index contributed by atoms with van der Waals surface area (Å²) in [6.45, 7) is 1.83. The number of pyridine rings is 1. The van der Waals surface area contributed by atoms with Crippen LogP contribution in [0.4, 0.5) is 29.3 Å². The Labute approximate surface area is 181 Å². The van der Waals surface area contributed by atoms with Crippen molar-refractivity contribution in [1.29, 1.82) is 0 Å². The molecule has 1 saturated carbocycles. The summed E-state index contributed by atoms with van der Waals surface area (Å²) in [6.07, 6.45) is -3.05. The van der Waals surface area contributed by atoms with Gasteiger partial charge in [0, 0.05) is 20.3 Å². The van der Waals surface area contributed by atoms with Crippen molar-refractivity contribution in [2.45, 2.75) is 25.2 Å². The van der Waals surface area contributed by atoms with Crippen LogP contribution in [-0.2, 0) is 4.79 Å². The number of hydrogen-bond acceptors (Lipinski definition) is 5. The van der Waals surface area contributed by atoms with Crippen molar-refractivity contribution >= 4 is 29.2 Å². The summed E-state index contributed by atoms with van der Waals surface area (Å²) in [7, 11) is 3.14. The lowest BCUT2D eigenvalue weighted by Crippen LogP contribution is -2.39. The average molecular weight is 448 g/mol. The number of aromatic nitrogens is 1. The van der Waals surface area contributed by atoms with Gasteiger partial charge in [0.1, 0.15) is 17.0 Å². The molecule has 168 valence electrons. The zero-order valence-corrected chi connectivity index (χ0v) is 17.4. The molecule has 11 heteroatoms. The van der Waals surface area contributed by atoms with Gasteiger partial charge in [-0.15, -0.1) is 13.2 Å². The van der Waals surface area contributed by atoms with Crippen LogP contribution in [0.2, 0.25) is 0 Å². The molecule has 2 aliphatic rings. The molecule has 8 nitrogen and oxygen atoms in total. The van der Waals surface area contributed by atoms with Gasteiger partial charge in [0.05, 0.1) is 11.4 Å². The molecule has 4 amide bonds. The number of benzene rings is 1. The molecule has 4 rings (SSSR count). The van der Waals surface area contributed by atoms with E-state index < -0.39 is 29.6 Å². The van der Waals surface area contributed by atoms with E-state index in [9.17, 15) is 27.6 Å². The standard InChI is InChI=1S/C21H19F3N4O4/c1-12-11-20(12)18(30)27(13-4-6-15(7-5-13)32-21(22,23)24)19(31)28(20)14-8-9-25-16(10-14)17(29)26(2)3/h4-10,12H,11H2,1-3H3. The van der Waals surface area contributed by atoms with Crippen LogP contribution >= 0.6 is 0 Å². The fraction of sp³-hybridized carbons (Fsp3) is 0.333. The Morgan fingerprint density at radius 1 is 1.16 bits per heavy atom. The van der Waals surface area contributed by atoms with E-state index in [-0.39, 0.29) is 23.2 Å². The minimum absolute atomic E-state index is 0.114. The van der Waals surface area contributed by atoms with Crippen LogP contribution in [0.15, 0.2) is 42.6 Å². The first-order chi connectivity index (χ1) is 15.0. The van der Waals surface area contributed by atoms with Gasteiger partial charge in [0.2, 0.25) is 0 Å². The maximum absolute atomic E-state index is 13.4. The summed E-state index contributed by atoms with van der Waals surface area (Å²) in [6, 6.07) is 6.84. The highest BCUT2D eigenvalue weighted by Crippen LogP contribution is 2.55. The van der Waals surface area contributed by atoms with Gasteiger partial charge >= 0.3 is 12.4 Å². The van der Waals surface area contributed by atoms with E-state index in [1.165, 1.54) is 40.3 Å². The molecule has 1 aliphatic heterocycles. The molecular formula is C21H19F3N4O4. The second-order valence-electron chi connectivity index (χ2n) is 7.93. The molecule has 1 spiro atoms. The van der Waals surface area contributed by atoms with Gasteiger partial charge in [0.25, 0.3) is 11.8 Å². The quantitative estimate of drug-likeness (QED) is 0.670. The number of anilines is 2. The fourth-order valence-electron chi connectivity index (χ4n) is 3.93. The number of halogens is 3. The first-order valence-corrected chi connectivity index (χ1v) is 9.68. The summed E-state index contributed by atoms with van der Waals surface area (Å²) >= 11 is 0. The third kappa shape index (κ3) is 3.43. The Morgan fingerprint density at radius 2 is 1.78 bits per heavy atom. The Balaban J connectivity index is 1.70. The van der Waals surface area contributed by atoms with Crippen molar-refractivity contribution < 1.29 is 32.3 Å². The molecule has 1 aliphatic carbocycles. The van der Waals surface area contributed by atoms with Gasteiger partial charge in [-0.3, -0.25) is 19.5 Å². The molecule has 0 radical (unpaired) electrons. The Bertz CT molecular complexity index is 1100. The van der Waals surface area contributed by atoms with E-state index in [2.05, 4.69) is 9.72 Å². The smallest absolute Gasteiger partial charge is 0.406 e. The van der Waals surface area contributed by atoms with Crippen molar-refractivity contribution in [2.75, 3.05) is 23.9 Å². The summed E-state index contributed by atoms with van der Waals surface area (Å²) in [4.78, 5) is 46.6. The monoisotopic (exact) mass is 448 g/mol. The van der Waals surface area contributed by atoms with Crippen LogP contribution in [0.5, 0.6) is 5.75 Å². The predicted octanol–water partition coefficient (Wildman–Crippen LogP) is 3.43. The maximum atomic E-state index is 13.4. The van der Waals surface area contributed by atoms with Crippen molar-refractivity contribution in [2.24, 2.45) is 5.92 Å². The molecule has 0 N–H and O–H groups in total. The largest absolute Gasteiger partial charge is 0.573 e. The fourth-order valence-corrected chi connectivity index (χ4v) is 3.93. The van der Waals surface area contributed by atoms with E-state index in [1.807, 2.05) is 6.92 Å². The highest BCUT2D eigenvalue weighted by atomic mass is 19.4. The maximum Gasteiger partial charge on any atom is 0.573 e. The number of imide groups is 1. The third-order valence-electron chi connectivity index (χ3n) is 5.58. The molecule has 1 aromatic heterocycles. The minimum atomic E-state index is -4.85. The zero-order chi connectivity index (χ0) is 23.4. The van der Waals surface area contributed by atoms with Gasteiger partial charge in [-0.2, -0.15) is 0 Å². The Hall–Kier alpha value is -3.63. The van der Waals surface area contributed by atoms with Crippen LogP contribution in [0.1, 0.15) is 23.8 Å². The molecule has 1 saturated heterocycles. The summed E-state index contributed by atoms with van der Waals surface area (Å²) in [5.41, 5.74) is -0.539. The van der Waals surface area contributed by atoms with Crippen molar-refractivity contribution in [1.82, 2.24) is 9.88 Å². The second kappa shape index (κ2) is 7.21. The number of nitrogens with zero attached hydrogens (tertiary/aromatic N) is 4. The second-order valence-corrected chi connectivity index (χ2v) is 7.93.